The maximum Gasteiger partial charge on any atom is 0.161 e. The Labute approximate surface area is 113 Å². The van der Waals surface area contributed by atoms with E-state index in [4.69, 9.17) is 15.2 Å². The average molecular weight is 267 g/mol. The fraction of sp³-hybridized carbons (Fsp3) is 0.600. The number of hydrogen-bond donors (Lipinski definition) is 1. The highest BCUT2D eigenvalue weighted by Gasteiger charge is 2.40. The van der Waals surface area contributed by atoms with Crippen molar-refractivity contribution in [3.8, 4) is 11.5 Å². The number of benzene rings is 1. The van der Waals surface area contributed by atoms with Crippen LogP contribution in [0.25, 0.3) is 0 Å². The third kappa shape index (κ3) is 3.00. The van der Waals surface area contributed by atoms with E-state index in [1.54, 1.807) is 34.1 Å². The third-order valence-electron chi connectivity index (χ3n) is 3.68. The number of methoxy groups -OCH3 is 2. The molecule has 0 saturated heterocycles. The fourth-order valence-corrected chi connectivity index (χ4v) is 2.34. The summed E-state index contributed by atoms with van der Waals surface area (Å²) in [5.41, 5.74) is 6.10. The van der Waals surface area contributed by atoms with Crippen LogP contribution in [0.1, 0.15) is 37.8 Å². The molecule has 0 aliphatic heterocycles. The van der Waals surface area contributed by atoms with Crippen LogP contribution in [-0.2, 0) is 12.1 Å². The van der Waals surface area contributed by atoms with Gasteiger partial charge in [0.05, 0.1) is 14.2 Å². The van der Waals surface area contributed by atoms with Gasteiger partial charge in [0.2, 0.25) is 0 Å². The number of nitrogens with two attached hydrogens (primary N) is 1. The normalized spacial score (nSPS) is 17.2. The molecule has 0 bridgehead atoms. The highest BCUT2D eigenvalue weighted by atomic mass is 19.1. The van der Waals surface area contributed by atoms with Crippen molar-refractivity contribution in [2.75, 3.05) is 14.2 Å². The van der Waals surface area contributed by atoms with Gasteiger partial charge < -0.3 is 15.2 Å². The van der Waals surface area contributed by atoms with Crippen LogP contribution in [-0.4, -0.2) is 19.8 Å². The van der Waals surface area contributed by atoms with E-state index < -0.39 is 5.67 Å². The van der Waals surface area contributed by atoms with E-state index >= 15 is 0 Å². The smallest absolute Gasteiger partial charge is 0.161 e. The van der Waals surface area contributed by atoms with E-state index in [-0.39, 0.29) is 5.54 Å². The Kier molecular flexibility index (Phi) is 3.47. The number of halogens is 1. The van der Waals surface area contributed by atoms with E-state index in [9.17, 15) is 4.39 Å². The van der Waals surface area contributed by atoms with Gasteiger partial charge in [0.1, 0.15) is 5.67 Å². The molecule has 0 spiro atoms. The summed E-state index contributed by atoms with van der Waals surface area (Å²) in [6.07, 6.45) is 2.66. The van der Waals surface area contributed by atoms with Crippen molar-refractivity contribution >= 4 is 0 Å². The van der Waals surface area contributed by atoms with Crippen LogP contribution in [0.4, 0.5) is 4.39 Å². The molecule has 1 saturated carbocycles. The molecule has 106 valence electrons. The van der Waals surface area contributed by atoms with Gasteiger partial charge in [-0.15, -0.1) is 0 Å². The second-order valence-electron chi connectivity index (χ2n) is 5.88. The van der Waals surface area contributed by atoms with Gasteiger partial charge in [0, 0.05) is 5.54 Å². The predicted molar refractivity (Wildman–Crippen MR) is 73.5 cm³/mol. The summed E-state index contributed by atoms with van der Waals surface area (Å²) in [6.45, 7) is 3.10. The first-order chi connectivity index (χ1) is 8.79. The molecule has 3 nitrogen and oxygen atoms in total. The molecule has 0 radical (unpaired) electrons. The summed E-state index contributed by atoms with van der Waals surface area (Å²) in [5.74, 6) is 1.17. The van der Waals surface area contributed by atoms with Crippen LogP contribution in [0.3, 0.4) is 0 Å². The zero-order chi connectivity index (χ0) is 14.3. The van der Waals surface area contributed by atoms with Gasteiger partial charge >= 0.3 is 0 Å². The summed E-state index contributed by atoms with van der Waals surface area (Å²) in [6, 6.07) is 3.57. The molecule has 2 N–H and O–H groups in total. The first-order valence-corrected chi connectivity index (χ1v) is 6.52. The van der Waals surface area contributed by atoms with Crippen molar-refractivity contribution in [2.45, 2.75) is 44.3 Å². The Morgan fingerprint density at radius 2 is 1.74 bits per heavy atom. The molecule has 0 atom stereocenters. The molecule has 0 unspecified atom stereocenters. The zero-order valence-electron chi connectivity index (χ0n) is 12.0. The monoisotopic (exact) mass is 267 g/mol. The molecule has 1 aromatic carbocycles. The quantitative estimate of drug-likeness (QED) is 0.892. The Bertz CT molecular complexity index is 476. The Morgan fingerprint density at radius 3 is 2.16 bits per heavy atom. The summed E-state index contributed by atoms with van der Waals surface area (Å²) in [4.78, 5) is 0. The molecular weight excluding hydrogens is 245 g/mol. The topological polar surface area (TPSA) is 44.5 Å². The van der Waals surface area contributed by atoms with Crippen molar-refractivity contribution in [3.63, 3.8) is 0 Å². The van der Waals surface area contributed by atoms with Crippen LogP contribution in [0.2, 0.25) is 0 Å². The molecule has 0 amide bonds. The van der Waals surface area contributed by atoms with E-state index in [2.05, 4.69) is 0 Å². The first kappa shape index (κ1) is 14.1. The minimum Gasteiger partial charge on any atom is -0.493 e. The Balaban J connectivity index is 2.48. The van der Waals surface area contributed by atoms with E-state index in [0.29, 0.717) is 23.5 Å². The summed E-state index contributed by atoms with van der Waals surface area (Å²) < 4.78 is 24.9. The van der Waals surface area contributed by atoms with Gasteiger partial charge in [-0.2, -0.15) is 0 Å². The molecular formula is C15H22FNO2. The van der Waals surface area contributed by atoms with Crippen LogP contribution in [0.15, 0.2) is 12.1 Å². The SMILES string of the molecule is COc1cc(CC2(N)CC2)c(C(C)(C)F)cc1OC. The molecule has 1 fully saturated rings. The van der Waals surface area contributed by atoms with Crippen LogP contribution in [0, 0.1) is 0 Å². The maximum absolute atomic E-state index is 14.4. The molecule has 0 aromatic heterocycles. The van der Waals surface area contributed by atoms with Gasteiger partial charge in [-0.1, -0.05) is 0 Å². The van der Waals surface area contributed by atoms with Crippen molar-refractivity contribution in [1.82, 2.24) is 0 Å². The van der Waals surface area contributed by atoms with Crippen molar-refractivity contribution < 1.29 is 13.9 Å². The summed E-state index contributed by atoms with van der Waals surface area (Å²) in [5, 5.41) is 0. The lowest BCUT2D eigenvalue weighted by Crippen LogP contribution is -2.26. The maximum atomic E-state index is 14.4. The minimum atomic E-state index is -1.43. The molecule has 4 heteroatoms. The van der Waals surface area contributed by atoms with E-state index in [1.807, 2.05) is 6.07 Å². The predicted octanol–water partition coefficient (Wildman–Crippen LogP) is 2.94. The molecule has 0 heterocycles. The Morgan fingerprint density at radius 1 is 1.21 bits per heavy atom. The van der Waals surface area contributed by atoms with Crippen molar-refractivity contribution in [1.29, 1.82) is 0 Å². The standard InChI is InChI=1S/C15H22FNO2/c1-14(2,16)11-8-13(19-4)12(18-3)7-10(11)9-15(17)5-6-15/h7-8H,5-6,9,17H2,1-4H3. The van der Waals surface area contributed by atoms with Crippen LogP contribution in [0.5, 0.6) is 11.5 Å². The lowest BCUT2D eigenvalue weighted by Gasteiger charge is -2.23. The number of hydrogen-bond acceptors (Lipinski definition) is 3. The lowest BCUT2D eigenvalue weighted by molar-refractivity contribution is 0.218. The average Bonchev–Trinajstić information content (AvgIpc) is 3.04. The second-order valence-corrected chi connectivity index (χ2v) is 5.88. The Hall–Kier alpha value is -1.29. The highest BCUT2D eigenvalue weighted by molar-refractivity contribution is 5.50. The molecule has 1 aliphatic carbocycles. The molecule has 19 heavy (non-hydrogen) atoms. The molecule has 2 rings (SSSR count). The van der Waals surface area contributed by atoms with Crippen LogP contribution < -0.4 is 15.2 Å². The van der Waals surface area contributed by atoms with Gasteiger partial charge in [-0.3, -0.25) is 0 Å². The first-order valence-electron chi connectivity index (χ1n) is 6.52. The number of alkyl halides is 1. The highest BCUT2D eigenvalue weighted by Crippen LogP contribution is 2.42. The van der Waals surface area contributed by atoms with E-state index in [1.165, 1.54) is 0 Å². The largest absolute Gasteiger partial charge is 0.493 e. The van der Waals surface area contributed by atoms with Gasteiger partial charge in [0.15, 0.2) is 11.5 Å². The zero-order valence-corrected chi connectivity index (χ0v) is 12.0. The van der Waals surface area contributed by atoms with Crippen molar-refractivity contribution in [3.05, 3.63) is 23.3 Å². The summed E-state index contributed by atoms with van der Waals surface area (Å²) >= 11 is 0. The molecule has 1 aromatic rings. The second kappa shape index (κ2) is 4.67. The number of ether oxygens (including phenoxy) is 2. The summed E-state index contributed by atoms with van der Waals surface area (Å²) in [7, 11) is 3.13. The lowest BCUT2D eigenvalue weighted by atomic mass is 9.90. The molecule has 1 aliphatic rings. The number of rotatable bonds is 5. The fourth-order valence-electron chi connectivity index (χ4n) is 2.34. The van der Waals surface area contributed by atoms with Gasteiger partial charge in [0.25, 0.3) is 0 Å². The van der Waals surface area contributed by atoms with Crippen LogP contribution >= 0.6 is 0 Å². The third-order valence-corrected chi connectivity index (χ3v) is 3.68. The van der Waals surface area contributed by atoms with Gasteiger partial charge in [-0.05, 0) is 56.4 Å². The van der Waals surface area contributed by atoms with Crippen molar-refractivity contribution in [2.24, 2.45) is 5.73 Å². The van der Waals surface area contributed by atoms with E-state index in [0.717, 1.165) is 18.4 Å². The van der Waals surface area contributed by atoms with Gasteiger partial charge in [-0.25, -0.2) is 4.39 Å². The minimum absolute atomic E-state index is 0.167.